The van der Waals surface area contributed by atoms with Gasteiger partial charge >= 0.3 is 0 Å². The summed E-state index contributed by atoms with van der Waals surface area (Å²) in [4.78, 5) is 14.0. The molecule has 0 aliphatic carbocycles. The maximum atomic E-state index is 12.0. The van der Waals surface area contributed by atoms with E-state index in [9.17, 15) is 4.79 Å². The molecular formula is C14H28N2O. The van der Waals surface area contributed by atoms with E-state index in [1.807, 2.05) is 4.90 Å². The van der Waals surface area contributed by atoms with Gasteiger partial charge in [-0.2, -0.15) is 0 Å². The molecule has 0 aromatic carbocycles. The fraction of sp³-hybridized carbons (Fsp3) is 0.929. The van der Waals surface area contributed by atoms with Gasteiger partial charge in [0, 0.05) is 32.1 Å². The average molecular weight is 240 g/mol. The van der Waals surface area contributed by atoms with Gasteiger partial charge < -0.3 is 10.2 Å². The number of nitrogens with one attached hydrogen (secondary N) is 1. The van der Waals surface area contributed by atoms with Crippen LogP contribution >= 0.6 is 0 Å². The molecule has 1 atom stereocenters. The Morgan fingerprint density at radius 2 is 1.94 bits per heavy atom. The molecule has 1 aliphatic heterocycles. The van der Waals surface area contributed by atoms with Gasteiger partial charge in [0.15, 0.2) is 0 Å². The number of carbonyl (C=O) groups excluding carboxylic acids is 1. The van der Waals surface area contributed by atoms with Gasteiger partial charge in [-0.25, -0.2) is 0 Å². The zero-order chi connectivity index (χ0) is 12.5. The van der Waals surface area contributed by atoms with Crippen molar-refractivity contribution in [3.05, 3.63) is 0 Å². The molecule has 0 aromatic rings. The number of hydrogen-bond acceptors (Lipinski definition) is 2. The second-order valence-electron chi connectivity index (χ2n) is 5.16. The van der Waals surface area contributed by atoms with Gasteiger partial charge in [-0.1, -0.05) is 39.0 Å². The molecule has 0 radical (unpaired) electrons. The summed E-state index contributed by atoms with van der Waals surface area (Å²) >= 11 is 0. The summed E-state index contributed by atoms with van der Waals surface area (Å²) in [5, 5.41) is 3.32. The Kier molecular flexibility index (Phi) is 7.25. The molecule has 1 saturated heterocycles. The van der Waals surface area contributed by atoms with Crippen molar-refractivity contribution >= 4 is 5.91 Å². The van der Waals surface area contributed by atoms with E-state index >= 15 is 0 Å². The van der Waals surface area contributed by atoms with E-state index in [1.54, 1.807) is 0 Å². The molecule has 3 nitrogen and oxygen atoms in total. The first-order valence-electron chi connectivity index (χ1n) is 7.26. The van der Waals surface area contributed by atoms with Crippen molar-refractivity contribution in [2.45, 2.75) is 64.8 Å². The van der Waals surface area contributed by atoms with E-state index in [4.69, 9.17) is 0 Å². The van der Waals surface area contributed by atoms with Crippen molar-refractivity contribution in [2.75, 3.05) is 19.6 Å². The van der Waals surface area contributed by atoms with Crippen LogP contribution in [0.4, 0.5) is 0 Å². The van der Waals surface area contributed by atoms with Crippen LogP contribution in [0.5, 0.6) is 0 Å². The molecule has 17 heavy (non-hydrogen) atoms. The lowest BCUT2D eigenvalue weighted by Crippen LogP contribution is -2.52. The minimum Gasteiger partial charge on any atom is -0.337 e. The number of hydrogen-bond donors (Lipinski definition) is 1. The monoisotopic (exact) mass is 240 g/mol. The largest absolute Gasteiger partial charge is 0.337 e. The molecule has 1 amide bonds. The van der Waals surface area contributed by atoms with Gasteiger partial charge in [0.1, 0.15) is 0 Å². The summed E-state index contributed by atoms with van der Waals surface area (Å²) in [6.45, 7) is 7.14. The van der Waals surface area contributed by atoms with Crippen LogP contribution in [0, 0.1) is 0 Å². The zero-order valence-corrected chi connectivity index (χ0v) is 11.5. The molecule has 1 aliphatic rings. The lowest BCUT2D eigenvalue weighted by molar-refractivity contribution is -0.134. The first kappa shape index (κ1) is 14.5. The third-order valence-electron chi connectivity index (χ3n) is 3.57. The summed E-state index contributed by atoms with van der Waals surface area (Å²) in [5.41, 5.74) is 0. The lowest BCUT2D eigenvalue weighted by atomic mass is 10.1. The second kappa shape index (κ2) is 8.51. The fourth-order valence-corrected chi connectivity index (χ4v) is 2.41. The van der Waals surface area contributed by atoms with Crippen LogP contribution in [-0.2, 0) is 4.79 Å². The van der Waals surface area contributed by atoms with Gasteiger partial charge in [-0.15, -0.1) is 0 Å². The van der Waals surface area contributed by atoms with Gasteiger partial charge in [0.25, 0.3) is 0 Å². The summed E-state index contributed by atoms with van der Waals surface area (Å²) in [7, 11) is 0. The molecule has 100 valence electrons. The Morgan fingerprint density at radius 3 is 2.65 bits per heavy atom. The van der Waals surface area contributed by atoms with Crippen molar-refractivity contribution in [2.24, 2.45) is 0 Å². The van der Waals surface area contributed by atoms with Gasteiger partial charge in [0.05, 0.1) is 0 Å². The van der Waals surface area contributed by atoms with Crippen LogP contribution in [-0.4, -0.2) is 36.5 Å². The van der Waals surface area contributed by atoms with E-state index in [0.717, 1.165) is 32.5 Å². The maximum Gasteiger partial charge on any atom is 0.222 e. The van der Waals surface area contributed by atoms with Crippen molar-refractivity contribution in [3.8, 4) is 0 Å². The summed E-state index contributed by atoms with van der Waals surface area (Å²) < 4.78 is 0. The van der Waals surface area contributed by atoms with Crippen LogP contribution in [0.2, 0.25) is 0 Å². The van der Waals surface area contributed by atoms with Crippen LogP contribution in [0.1, 0.15) is 58.8 Å². The second-order valence-corrected chi connectivity index (χ2v) is 5.16. The number of unbranched alkanes of at least 4 members (excludes halogenated alkanes) is 5. The Labute approximate surface area is 106 Å². The third-order valence-corrected chi connectivity index (χ3v) is 3.57. The number of piperazine rings is 1. The molecule has 0 aromatic heterocycles. The summed E-state index contributed by atoms with van der Waals surface area (Å²) in [6.07, 6.45) is 8.27. The molecule has 0 spiro atoms. The number of rotatable bonds is 7. The summed E-state index contributed by atoms with van der Waals surface area (Å²) in [5.74, 6) is 0.356. The molecule has 0 bridgehead atoms. The van der Waals surface area contributed by atoms with Gasteiger partial charge in [0.2, 0.25) is 5.91 Å². The molecule has 1 rings (SSSR count). The number of nitrogens with zero attached hydrogens (tertiary/aromatic N) is 1. The predicted octanol–water partition coefficient (Wildman–Crippen LogP) is 2.56. The highest BCUT2D eigenvalue weighted by molar-refractivity contribution is 5.76. The standard InChI is InChI=1S/C14H28N2O/c1-3-4-5-6-7-8-9-14(17)16-11-10-15-12-13(16)2/h13,15H,3-12H2,1-2H3. The minimum atomic E-state index is 0.356. The van der Waals surface area contributed by atoms with Crippen LogP contribution in [0.25, 0.3) is 0 Å². The summed E-state index contributed by atoms with van der Waals surface area (Å²) in [6, 6.07) is 0.372. The highest BCUT2D eigenvalue weighted by Crippen LogP contribution is 2.10. The Balaban J connectivity index is 2.07. The van der Waals surface area contributed by atoms with E-state index in [1.165, 1.54) is 32.1 Å². The smallest absolute Gasteiger partial charge is 0.222 e. The highest BCUT2D eigenvalue weighted by atomic mass is 16.2. The normalized spacial score (nSPS) is 20.6. The van der Waals surface area contributed by atoms with Crippen molar-refractivity contribution in [1.29, 1.82) is 0 Å². The number of carbonyl (C=O) groups is 1. The van der Waals surface area contributed by atoms with Gasteiger partial charge in [-0.3, -0.25) is 4.79 Å². The Hall–Kier alpha value is -0.570. The SMILES string of the molecule is CCCCCCCCC(=O)N1CCNCC1C. The number of amides is 1. The molecule has 1 unspecified atom stereocenters. The Bertz CT molecular complexity index is 218. The highest BCUT2D eigenvalue weighted by Gasteiger charge is 2.21. The first-order valence-corrected chi connectivity index (χ1v) is 7.26. The minimum absolute atomic E-state index is 0.356. The van der Waals surface area contributed by atoms with Gasteiger partial charge in [-0.05, 0) is 13.3 Å². The third kappa shape index (κ3) is 5.53. The topological polar surface area (TPSA) is 32.3 Å². The zero-order valence-electron chi connectivity index (χ0n) is 11.5. The van der Waals surface area contributed by atoms with Crippen LogP contribution in [0.15, 0.2) is 0 Å². The first-order chi connectivity index (χ1) is 8.25. The molecule has 3 heteroatoms. The van der Waals surface area contributed by atoms with E-state index in [-0.39, 0.29) is 0 Å². The fourth-order valence-electron chi connectivity index (χ4n) is 2.41. The molecule has 0 saturated carbocycles. The quantitative estimate of drug-likeness (QED) is 0.694. The lowest BCUT2D eigenvalue weighted by Gasteiger charge is -2.34. The van der Waals surface area contributed by atoms with Crippen molar-refractivity contribution in [3.63, 3.8) is 0 Å². The van der Waals surface area contributed by atoms with E-state index in [0.29, 0.717) is 11.9 Å². The van der Waals surface area contributed by atoms with Crippen molar-refractivity contribution in [1.82, 2.24) is 10.2 Å². The predicted molar refractivity (Wildman–Crippen MR) is 72.0 cm³/mol. The molecule has 1 heterocycles. The van der Waals surface area contributed by atoms with Crippen LogP contribution < -0.4 is 5.32 Å². The van der Waals surface area contributed by atoms with E-state index < -0.39 is 0 Å². The molecule has 1 fully saturated rings. The average Bonchev–Trinajstić information content (AvgIpc) is 2.34. The molecule has 1 N–H and O–H groups in total. The van der Waals surface area contributed by atoms with E-state index in [2.05, 4.69) is 19.2 Å². The maximum absolute atomic E-state index is 12.0. The Morgan fingerprint density at radius 1 is 1.24 bits per heavy atom. The van der Waals surface area contributed by atoms with Crippen LogP contribution in [0.3, 0.4) is 0 Å². The molecular weight excluding hydrogens is 212 g/mol. The van der Waals surface area contributed by atoms with Crippen molar-refractivity contribution < 1.29 is 4.79 Å².